The Hall–Kier alpha value is -4.04. The van der Waals surface area contributed by atoms with Crippen molar-refractivity contribution in [1.29, 1.82) is 0 Å². The van der Waals surface area contributed by atoms with Crippen molar-refractivity contribution in [2.24, 2.45) is 0 Å². The molecule has 0 aliphatic carbocycles. The molecule has 0 fully saturated rings. The number of hydrogen-bond acceptors (Lipinski definition) is 5. The van der Waals surface area contributed by atoms with E-state index in [0.717, 1.165) is 33.7 Å². The second-order valence-electron chi connectivity index (χ2n) is 8.16. The third-order valence-corrected chi connectivity index (χ3v) is 6.30. The summed E-state index contributed by atoms with van der Waals surface area (Å²) < 4.78 is 24.8. The van der Waals surface area contributed by atoms with Crippen LogP contribution in [0, 0.1) is 5.82 Å². The van der Waals surface area contributed by atoms with Gasteiger partial charge in [0.05, 0.1) is 25.3 Å². The van der Waals surface area contributed by atoms with E-state index in [-0.39, 0.29) is 11.9 Å². The Morgan fingerprint density at radius 1 is 1.06 bits per heavy atom. The molecule has 2 heterocycles. The van der Waals surface area contributed by atoms with Crippen LogP contribution in [0.3, 0.4) is 0 Å². The Morgan fingerprint density at radius 2 is 1.83 bits per heavy atom. The molecule has 0 radical (unpaired) electrons. The van der Waals surface area contributed by atoms with E-state index in [1.54, 1.807) is 19.2 Å². The van der Waals surface area contributed by atoms with Crippen LogP contribution in [0.5, 0.6) is 5.75 Å². The van der Waals surface area contributed by atoms with E-state index in [1.165, 1.54) is 12.1 Å². The molecular formula is C27H23FN4O2S. The molecule has 1 atom stereocenters. The Labute approximate surface area is 208 Å². The van der Waals surface area contributed by atoms with Crippen LogP contribution >= 0.6 is 12.2 Å². The number of halogens is 1. The van der Waals surface area contributed by atoms with E-state index in [1.807, 2.05) is 66.4 Å². The number of aromatic nitrogens is 2. The van der Waals surface area contributed by atoms with Gasteiger partial charge in [-0.15, -0.1) is 0 Å². The molecule has 8 heteroatoms. The number of benzene rings is 3. The molecule has 0 amide bonds. The average Bonchev–Trinajstić information content (AvgIpc) is 3.37. The fourth-order valence-electron chi connectivity index (χ4n) is 4.14. The van der Waals surface area contributed by atoms with Crippen molar-refractivity contribution in [1.82, 2.24) is 20.4 Å². The van der Waals surface area contributed by atoms with Crippen LogP contribution in [-0.2, 0) is 6.54 Å². The summed E-state index contributed by atoms with van der Waals surface area (Å²) in [6.45, 7) is 2.50. The second kappa shape index (κ2) is 9.68. The Kier molecular flexibility index (Phi) is 6.29. The first kappa shape index (κ1) is 22.7. The van der Waals surface area contributed by atoms with E-state index in [9.17, 15) is 4.39 Å². The molecule has 1 N–H and O–H groups in total. The summed E-state index contributed by atoms with van der Waals surface area (Å²) in [5.74, 6) is 1.33. The maximum Gasteiger partial charge on any atom is 0.258 e. The second-order valence-corrected chi connectivity index (χ2v) is 8.55. The van der Waals surface area contributed by atoms with Crippen molar-refractivity contribution < 1.29 is 13.7 Å². The molecular weight excluding hydrogens is 463 g/mol. The lowest BCUT2D eigenvalue weighted by molar-refractivity contribution is 0.395. The fourth-order valence-corrected chi connectivity index (χ4v) is 4.46. The molecule has 5 rings (SSSR count). The molecule has 1 aliphatic rings. The standard InChI is InChI=1S/C27H23FN4O2S/c1-17-23(26-30-25(31-34-26)20-8-4-3-5-9-20)24(19-11-13-21(28)14-12-19)29-27(35)32(17)16-18-7-6-10-22(15-18)33-2/h3-15,24H,16H2,1-2H3,(H,29,35). The maximum absolute atomic E-state index is 13.7. The molecule has 0 bridgehead atoms. The van der Waals surface area contributed by atoms with Crippen molar-refractivity contribution in [2.75, 3.05) is 7.11 Å². The van der Waals surface area contributed by atoms with Gasteiger partial charge in [-0.1, -0.05) is 59.8 Å². The molecule has 4 aromatic rings. The topological polar surface area (TPSA) is 63.4 Å². The highest BCUT2D eigenvalue weighted by Gasteiger charge is 2.34. The lowest BCUT2D eigenvalue weighted by Crippen LogP contribution is -2.45. The van der Waals surface area contributed by atoms with E-state index >= 15 is 0 Å². The van der Waals surface area contributed by atoms with Crippen LogP contribution in [0.2, 0.25) is 0 Å². The van der Waals surface area contributed by atoms with E-state index < -0.39 is 0 Å². The van der Waals surface area contributed by atoms with Crippen molar-refractivity contribution in [2.45, 2.75) is 19.5 Å². The number of ether oxygens (including phenoxy) is 1. The minimum absolute atomic E-state index is 0.307. The monoisotopic (exact) mass is 486 g/mol. The molecule has 1 unspecified atom stereocenters. The van der Waals surface area contributed by atoms with Crippen LogP contribution in [0.25, 0.3) is 17.0 Å². The zero-order chi connectivity index (χ0) is 24.4. The summed E-state index contributed by atoms with van der Waals surface area (Å²) in [5, 5.41) is 8.16. The highest BCUT2D eigenvalue weighted by atomic mass is 32.1. The summed E-state index contributed by atoms with van der Waals surface area (Å²) in [5.41, 5.74) is 4.37. The Morgan fingerprint density at radius 3 is 2.57 bits per heavy atom. The van der Waals surface area contributed by atoms with Crippen LogP contribution in [0.4, 0.5) is 4.39 Å². The van der Waals surface area contributed by atoms with Gasteiger partial charge in [0.1, 0.15) is 11.6 Å². The number of nitrogens with one attached hydrogen (secondary N) is 1. The quantitative estimate of drug-likeness (QED) is 0.348. The Bertz CT molecular complexity index is 1390. The molecule has 6 nitrogen and oxygen atoms in total. The Balaban J connectivity index is 1.59. The summed E-state index contributed by atoms with van der Waals surface area (Å²) in [6.07, 6.45) is 0. The summed E-state index contributed by atoms with van der Waals surface area (Å²) in [4.78, 5) is 6.69. The highest BCUT2D eigenvalue weighted by molar-refractivity contribution is 7.80. The largest absolute Gasteiger partial charge is 0.497 e. The predicted molar refractivity (Wildman–Crippen MR) is 136 cm³/mol. The molecule has 176 valence electrons. The molecule has 1 aliphatic heterocycles. The maximum atomic E-state index is 13.7. The van der Waals surface area contributed by atoms with Crippen LogP contribution in [-0.4, -0.2) is 27.3 Å². The van der Waals surface area contributed by atoms with Gasteiger partial charge < -0.3 is 19.5 Å². The predicted octanol–water partition coefficient (Wildman–Crippen LogP) is 5.75. The van der Waals surface area contributed by atoms with Gasteiger partial charge in [0, 0.05) is 11.3 Å². The number of rotatable bonds is 6. The molecule has 3 aromatic carbocycles. The lowest BCUT2D eigenvalue weighted by Gasteiger charge is -2.37. The van der Waals surface area contributed by atoms with Gasteiger partial charge in [0.25, 0.3) is 5.89 Å². The molecule has 0 saturated carbocycles. The lowest BCUT2D eigenvalue weighted by atomic mass is 9.94. The molecule has 0 spiro atoms. The smallest absolute Gasteiger partial charge is 0.258 e. The normalized spacial score (nSPS) is 15.8. The van der Waals surface area contributed by atoms with Crippen molar-refractivity contribution in [3.63, 3.8) is 0 Å². The minimum Gasteiger partial charge on any atom is -0.497 e. The fraction of sp³-hybridized carbons (Fsp3) is 0.148. The van der Waals surface area contributed by atoms with Gasteiger partial charge in [0.2, 0.25) is 5.82 Å². The molecule has 35 heavy (non-hydrogen) atoms. The number of nitrogens with zero attached hydrogens (tertiary/aromatic N) is 3. The molecule has 0 saturated heterocycles. The van der Waals surface area contributed by atoms with Gasteiger partial charge in [0.15, 0.2) is 5.11 Å². The number of allylic oxidation sites excluding steroid dienone is 1. The van der Waals surface area contributed by atoms with Crippen LogP contribution < -0.4 is 10.1 Å². The zero-order valence-corrected chi connectivity index (χ0v) is 20.1. The minimum atomic E-state index is -0.381. The average molecular weight is 487 g/mol. The highest BCUT2D eigenvalue weighted by Crippen LogP contribution is 2.38. The van der Waals surface area contributed by atoms with Crippen LogP contribution in [0.1, 0.15) is 30.0 Å². The van der Waals surface area contributed by atoms with Gasteiger partial charge in [-0.2, -0.15) is 4.98 Å². The third kappa shape index (κ3) is 4.65. The van der Waals surface area contributed by atoms with Gasteiger partial charge in [-0.3, -0.25) is 0 Å². The van der Waals surface area contributed by atoms with E-state index in [0.29, 0.717) is 23.4 Å². The third-order valence-electron chi connectivity index (χ3n) is 5.96. The first-order valence-electron chi connectivity index (χ1n) is 11.1. The number of thiocarbonyl (C=S) groups is 1. The zero-order valence-electron chi connectivity index (χ0n) is 19.2. The van der Waals surface area contributed by atoms with Gasteiger partial charge >= 0.3 is 0 Å². The summed E-state index contributed by atoms with van der Waals surface area (Å²) >= 11 is 5.76. The molecule has 1 aromatic heterocycles. The summed E-state index contributed by atoms with van der Waals surface area (Å²) in [7, 11) is 1.64. The van der Waals surface area contributed by atoms with Crippen molar-refractivity contribution >= 4 is 22.9 Å². The first-order chi connectivity index (χ1) is 17.0. The van der Waals surface area contributed by atoms with E-state index in [4.69, 9.17) is 26.5 Å². The van der Waals surface area contributed by atoms with Gasteiger partial charge in [-0.25, -0.2) is 4.39 Å². The first-order valence-corrected chi connectivity index (χ1v) is 11.5. The SMILES string of the molecule is COc1cccc(CN2C(=S)NC(c3ccc(F)cc3)C(c3nc(-c4ccccc4)no3)=C2C)c1. The van der Waals surface area contributed by atoms with Gasteiger partial charge in [-0.05, 0) is 54.5 Å². The van der Waals surface area contributed by atoms with Crippen molar-refractivity contribution in [3.8, 4) is 17.1 Å². The number of hydrogen-bond donors (Lipinski definition) is 1. The number of methoxy groups -OCH3 is 1. The van der Waals surface area contributed by atoms with Crippen LogP contribution in [0.15, 0.2) is 89.1 Å². The summed E-state index contributed by atoms with van der Waals surface area (Å²) in [6, 6.07) is 23.4. The van der Waals surface area contributed by atoms with E-state index in [2.05, 4.69) is 10.5 Å². The van der Waals surface area contributed by atoms with Crippen molar-refractivity contribution in [3.05, 3.63) is 107 Å².